The minimum absolute atomic E-state index is 0. The average molecular weight is 208 g/mol. The fourth-order valence-corrected chi connectivity index (χ4v) is 2.50. The predicted octanol–water partition coefficient (Wildman–Crippen LogP) is 1.44. The van der Waals surface area contributed by atoms with Crippen molar-refractivity contribution in [2.24, 2.45) is 5.73 Å². The van der Waals surface area contributed by atoms with Gasteiger partial charge in [-0.25, -0.2) is 0 Å². The summed E-state index contributed by atoms with van der Waals surface area (Å²) in [7, 11) is 0. The monoisotopic (exact) mass is 207 g/mol. The summed E-state index contributed by atoms with van der Waals surface area (Å²) in [5, 5.41) is 0. The highest BCUT2D eigenvalue weighted by Crippen LogP contribution is 2.47. The number of ether oxygens (including phenoxy) is 2. The van der Waals surface area contributed by atoms with Gasteiger partial charge in [0.05, 0.1) is 12.1 Å². The van der Waals surface area contributed by atoms with E-state index in [4.69, 9.17) is 15.2 Å². The molecule has 2 atom stereocenters. The van der Waals surface area contributed by atoms with E-state index < -0.39 is 5.79 Å². The molecule has 0 bridgehead atoms. The zero-order valence-electron chi connectivity index (χ0n) is 8.04. The van der Waals surface area contributed by atoms with Crippen LogP contribution < -0.4 is 5.73 Å². The molecule has 0 aromatic rings. The second-order valence-electron chi connectivity index (χ2n) is 3.79. The minimum Gasteiger partial charge on any atom is -0.348 e. The van der Waals surface area contributed by atoms with Crippen LogP contribution in [-0.4, -0.2) is 24.5 Å². The van der Waals surface area contributed by atoms with Crippen molar-refractivity contribution in [2.75, 3.05) is 13.2 Å². The first-order valence-electron chi connectivity index (χ1n) is 4.79. The molecule has 13 heavy (non-hydrogen) atoms. The Morgan fingerprint density at radius 3 is 2.85 bits per heavy atom. The quantitative estimate of drug-likeness (QED) is 0.746. The molecule has 2 rings (SSSR count). The molecule has 3 nitrogen and oxygen atoms in total. The summed E-state index contributed by atoms with van der Waals surface area (Å²) in [4.78, 5) is 0. The summed E-state index contributed by atoms with van der Waals surface area (Å²) in [6, 6.07) is 0. The molecular weight excluding hydrogens is 190 g/mol. The Bertz CT molecular complexity index is 176. The topological polar surface area (TPSA) is 44.5 Å². The second-order valence-corrected chi connectivity index (χ2v) is 3.79. The molecular formula is C9H18ClNO2. The van der Waals surface area contributed by atoms with Crippen molar-refractivity contribution in [3.63, 3.8) is 0 Å². The van der Waals surface area contributed by atoms with Crippen LogP contribution in [0.2, 0.25) is 0 Å². The van der Waals surface area contributed by atoms with E-state index in [-0.39, 0.29) is 17.9 Å². The summed E-state index contributed by atoms with van der Waals surface area (Å²) in [6.07, 6.45) is 4.11. The lowest BCUT2D eigenvalue weighted by Gasteiger charge is -2.35. The molecule has 1 heterocycles. The zero-order chi connectivity index (χ0) is 8.66. The van der Waals surface area contributed by atoms with Crippen LogP contribution >= 0.6 is 12.4 Å². The average Bonchev–Trinajstić information content (AvgIpc) is 2.42. The maximum Gasteiger partial charge on any atom is 0.186 e. The van der Waals surface area contributed by atoms with Gasteiger partial charge in [0.1, 0.15) is 0 Å². The first-order chi connectivity index (χ1) is 5.72. The Morgan fingerprint density at radius 1 is 1.38 bits per heavy atom. The van der Waals surface area contributed by atoms with Gasteiger partial charge in [0.15, 0.2) is 5.79 Å². The van der Waals surface area contributed by atoms with E-state index in [1.165, 1.54) is 0 Å². The van der Waals surface area contributed by atoms with Crippen LogP contribution in [0.3, 0.4) is 0 Å². The van der Waals surface area contributed by atoms with Gasteiger partial charge in [-0.05, 0) is 26.2 Å². The van der Waals surface area contributed by atoms with Crippen LogP contribution in [0.25, 0.3) is 0 Å². The Hall–Kier alpha value is 0.170. The maximum absolute atomic E-state index is 6.24. The first kappa shape index (κ1) is 11.2. The number of hydrogen-bond acceptors (Lipinski definition) is 3. The highest BCUT2D eigenvalue weighted by atomic mass is 35.5. The molecule has 1 aliphatic carbocycles. The van der Waals surface area contributed by atoms with E-state index in [1.807, 2.05) is 6.92 Å². The summed E-state index contributed by atoms with van der Waals surface area (Å²) in [6.45, 7) is 3.45. The van der Waals surface area contributed by atoms with Crippen LogP contribution in [0.4, 0.5) is 0 Å². The molecule has 0 radical (unpaired) electrons. The number of nitrogens with two attached hydrogens (primary N) is 1. The molecule has 4 heteroatoms. The number of hydrogen-bond donors (Lipinski definition) is 1. The zero-order valence-corrected chi connectivity index (χ0v) is 8.86. The van der Waals surface area contributed by atoms with Gasteiger partial charge >= 0.3 is 0 Å². The summed E-state index contributed by atoms with van der Waals surface area (Å²) in [5.41, 5.74) is 6.04. The fourth-order valence-electron chi connectivity index (χ4n) is 2.50. The molecule has 0 aromatic carbocycles. The lowest BCUT2D eigenvalue weighted by atomic mass is 9.92. The van der Waals surface area contributed by atoms with Gasteiger partial charge in [0, 0.05) is 13.0 Å². The lowest BCUT2D eigenvalue weighted by Crippen LogP contribution is -2.55. The third kappa shape index (κ3) is 1.48. The smallest absolute Gasteiger partial charge is 0.186 e. The Labute approximate surface area is 85.4 Å². The van der Waals surface area contributed by atoms with Crippen molar-refractivity contribution in [3.8, 4) is 0 Å². The van der Waals surface area contributed by atoms with Gasteiger partial charge < -0.3 is 15.2 Å². The Morgan fingerprint density at radius 2 is 2.15 bits per heavy atom. The molecule has 78 valence electrons. The van der Waals surface area contributed by atoms with Crippen molar-refractivity contribution >= 4 is 12.4 Å². The van der Waals surface area contributed by atoms with Crippen LogP contribution in [0, 0.1) is 0 Å². The molecule has 2 N–H and O–H groups in total. The van der Waals surface area contributed by atoms with Gasteiger partial charge in [-0.1, -0.05) is 0 Å². The summed E-state index contributed by atoms with van der Waals surface area (Å²) < 4.78 is 11.3. The molecule has 2 fully saturated rings. The van der Waals surface area contributed by atoms with E-state index >= 15 is 0 Å². The molecule has 1 saturated heterocycles. The molecule has 1 saturated carbocycles. The van der Waals surface area contributed by atoms with Crippen molar-refractivity contribution in [3.05, 3.63) is 0 Å². The van der Waals surface area contributed by atoms with Crippen LogP contribution in [0.15, 0.2) is 0 Å². The van der Waals surface area contributed by atoms with Crippen LogP contribution in [0.1, 0.15) is 32.6 Å². The maximum atomic E-state index is 6.24. The third-order valence-electron chi connectivity index (χ3n) is 3.15. The SMILES string of the molecule is CCOC12CCCC1(N)CCO2.Cl. The highest BCUT2D eigenvalue weighted by Gasteiger charge is 2.58. The minimum atomic E-state index is -0.429. The van der Waals surface area contributed by atoms with Crippen molar-refractivity contribution in [1.29, 1.82) is 0 Å². The molecule has 0 amide bonds. The van der Waals surface area contributed by atoms with Crippen LogP contribution in [0.5, 0.6) is 0 Å². The largest absolute Gasteiger partial charge is 0.348 e. The van der Waals surface area contributed by atoms with E-state index in [0.29, 0.717) is 6.61 Å². The second kappa shape index (κ2) is 3.73. The van der Waals surface area contributed by atoms with Crippen LogP contribution in [-0.2, 0) is 9.47 Å². The van der Waals surface area contributed by atoms with Gasteiger partial charge in [0.2, 0.25) is 0 Å². The Kier molecular flexibility index (Phi) is 3.23. The molecule has 1 aliphatic heterocycles. The van der Waals surface area contributed by atoms with E-state index in [2.05, 4.69) is 0 Å². The molecule has 2 unspecified atom stereocenters. The van der Waals surface area contributed by atoms with Gasteiger partial charge in [-0.3, -0.25) is 0 Å². The third-order valence-corrected chi connectivity index (χ3v) is 3.15. The summed E-state index contributed by atoms with van der Waals surface area (Å²) in [5.74, 6) is -0.429. The van der Waals surface area contributed by atoms with Crippen molar-refractivity contribution in [1.82, 2.24) is 0 Å². The fraction of sp³-hybridized carbons (Fsp3) is 1.00. The lowest BCUT2D eigenvalue weighted by molar-refractivity contribution is -0.223. The van der Waals surface area contributed by atoms with E-state index in [0.717, 1.165) is 32.3 Å². The molecule has 2 aliphatic rings. The first-order valence-corrected chi connectivity index (χ1v) is 4.79. The normalized spacial score (nSPS) is 42.9. The molecule has 0 aromatic heterocycles. The standard InChI is InChI=1S/C9H17NO2.ClH/c1-2-11-9-5-3-4-8(9,10)6-7-12-9;/h2-7,10H2,1H3;1H. The number of rotatable bonds is 2. The Balaban J connectivity index is 0.000000845. The van der Waals surface area contributed by atoms with Gasteiger partial charge in [-0.2, -0.15) is 0 Å². The predicted molar refractivity (Wildman–Crippen MR) is 52.9 cm³/mol. The van der Waals surface area contributed by atoms with Crippen molar-refractivity contribution < 1.29 is 9.47 Å². The molecule has 0 spiro atoms. The van der Waals surface area contributed by atoms with Gasteiger partial charge in [-0.15, -0.1) is 12.4 Å². The van der Waals surface area contributed by atoms with Gasteiger partial charge in [0.25, 0.3) is 0 Å². The summed E-state index contributed by atoms with van der Waals surface area (Å²) >= 11 is 0. The number of fused-ring (bicyclic) bond motifs is 1. The van der Waals surface area contributed by atoms with E-state index in [9.17, 15) is 0 Å². The highest BCUT2D eigenvalue weighted by molar-refractivity contribution is 5.85. The van der Waals surface area contributed by atoms with E-state index in [1.54, 1.807) is 0 Å². The van der Waals surface area contributed by atoms with Crippen molar-refractivity contribution in [2.45, 2.75) is 43.9 Å². The number of halogens is 1.